The molecule has 2 aromatic rings. The lowest BCUT2D eigenvalue weighted by atomic mass is 10.2. The number of hydrogen-bond acceptors (Lipinski definition) is 6. The molecule has 0 aliphatic rings. The molecule has 0 amide bonds. The number of aryl methyl sites for hydroxylation is 1. The minimum atomic E-state index is -0.601. The largest absolute Gasteiger partial charge is 0.462 e. The lowest BCUT2D eigenvalue weighted by Crippen LogP contribution is -2.16. The summed E-state index contributed by atoms with van der Waals surface area (Å²) in [5.41, 5.74) is 6.21. The first kappa shape index (κ1) is 12.9. The second-order valence-electron chi connectivity index (χ2n) is 3.76. The van der Waals surface area contributed by atoms with E-state index in [4.69, 9.17) is 14.9 Å². The maximum Gasteiger partial charge on any atom is 0.343 e. The van der Waals surface area contributed by atoms with Crippen molar-refractivity contribution in [1.29, 1.82) is 0 Å². The Hall–Kier alpha value is -2.57. The number of nitrogen functional groups attached to an aromatic ring is 1. The highest BCUT2D eigenvalue weighted by atomic mass is 16.5. The van der Waals surface area contributed by atoms with E-state index in [1.165, 1.54) is 12.3 Å². The van der Waals surface area contributed by atoms with Crippen molar-refractivity contribution >= 4 is 17.7 Å². The van der Waals surface area contributed by atoms with E-state index in [-0.39, 0.29) is 23.7 Å². The van der Waals surface area contributed by atoms with E-state index in [1.807, 2.05) is 0 Å². The van der Waals surface area contributed by atoms with E-state index < -0.39 is 11.9 Å². The van der Waals surface area contributed by atoms with Crippen LogP contribution in [0, 0.1) is 6.92 Å². The van der Waals surface area contributed by atoms with Gasteiger partial charge in [0.1, 0.15) is 11.4 Å². The lowest BCUT2D eigenvalue weighted by Gasteiger charge is -2.02. The Bertz CT molecular complexity index is 613. The Labute approximate surface area is 108 Å². The van der Waals surface area contributed by atoms with Crippen LogP contribution in [0.1, 0.15) is 33.5 Å². The highest BCUT2D eigenvalue weighted by Gasteiger charge is 2.25. The van der Waals surface area contributed by atoms with Gasteiger partial charge in [-0.1, -0.05) is 0 Å². The Morgan fingerprint density at radius 2 is 2.26 bits per heavy atom. The maximum absolute atomic E-state index is 12.0. The van der Waals surface area contributed by atoms with E-state index in [1.54, 1.807) is 19.9 Å². The van der Waals surface area contributed by atoms with Crippen LogP contribution in [-0.2, 0) is 4.74 Å². The summed E-state index contributed by atoms with van der Waals surface area (Å²) in [6.45, 7) is 3.48. The Balaban J connectivity index is 2.42. The third kappa shape index (κ3) is 2.22. The molecule has 19 heavy (non-hydrogen) atoms. The predicted octanol–water partition coefficient (Wildman–Crippen LogP) is 1.23. The molecule has 0 atom stereocenters. The first-order chi connectivity index (χ1) is 9.06. The smallest absolute Gasteiger partial charge is 0.343 e. The Kier molecular flexibility index (Phi) is 3.37. The van der Waals surface area contributed by atoms with E-state index >= 15 is 0 Å². The molecular formula is C12H13N3O4. The SMILES string of the molecule is CCOC(=O)c1c(C)nn(C(=O)c2ccco2)c1N. The molecule has 2 heterocycles. The summed E-state index contributed by atoms with van der Waals surface area (Å²) in [6, 6.07) is 3.06. The number of nitrogens with two attached hydrogens (primary N) is 1. The van der Waals surface area contributed by atoms with Crippen LogP contribution in [0.25, 0.3) is 0 Å². The molecule has 0 unspecified atom stereocenters. The van der Waals surface area contributed by atoms with Gasteiger partial charge in [-0.15, -0.1) is 0 Å². The van der Waals surface area contributed by atoms with E-state index in [2.05, 4.69) is 5.10 Å². The molecule has 7 nitrogen and oxygen atoms in total. The minimum absolute atomic E-state index is 0.0580. The number of ether oxygens (including phenoxy) is 1. The molecule has 2 aromatic heterocycles. The van der Waals surface area contributed by atoms with Crippen molar-refractivity contribution in [1.82, 2.24) is 9.78 Å². The van der Waals surface area contributed by atoms with Crippen molar-refractivity contribution in [3.8, 4) is 0 Å². The molecule has 0 bridgehead atoms. The summed E-state index contributed by atoms with van der Waals surface area (Å²) < 4.78 is 10.8. The normalized spacial score (nSPS) is 10.4. The van der Waals surface area contributed by atoms with Crippen molar-refractivity contribution in [2.24, 2.45) is 0 Å². The van der Waals surface area contributed by atoms with Gasteiger partial charge in [-0.25, -0.2) is 4.79 Å². The van der Waals surface area contributed by atoms with E-state index in [0.717, 1.165) is 4.68 Å². The van der Waals surface area contributed by atoms with Crippen molar-refractivity contribution in [2.75, 3.05) is 12.3 Å². The van der Waals surface area contributed by atoms with Crippen LogP contribution in [0.15, 0.2) is 22.8 Å². The fourth-order valence-electron chi connectivity index (χ4n) is 1.66. The average molecular weight is 263 g/mol. The van der Waals surface area contributed by atoms with Gasteiger partial charge >= 0.3 is 11.9 Å². The van der Waals surface area contributed by atoms with Crippen molar-refractivity contribution < 1.29 is 18.7 Å². The van der Waals surface area contributed by atoms with Gasteiger partial charge in [-0.3, -0.25) is 4.79 Å². The number of rotatable bonds is 3. The third-order valence-electron chi connectivity index (χ3n) is 2.50. The molecule has 100 valence electrons. The van der Waals surface area contributed by atoms with E-state index in [9.17, 15) is 9.59 Å². The quantitative estimate of drug-likeness (QED) is 0.836. The van der Waals surface area contributed by atoms with Crippen molar-refractivity contribution in [3.05, 3.63) is 35.4 Å². The molecular weight excluding hydrogens is 250 g/mol. The van der Waals surface area contributed by atoms with Crippen molar-refractivity contribution in [2.45, 2.75) is 13.8 Å². The second kappa shape index (κ2) is 4.97. The molecule has 0 radical (unpaired) electrons. The summed E-state index contributed by atoms with van der Waals surface area (Å²) in [6.07, 6.45) is 1.37. The molecule has 0 saturated carbocycles. The van der Waals surface area contributed by atoms with Crippen LogP contribution in [-0.4, -0.2) is 28.3 Å². The van der Waals surface area contributed by atoms with Gasteiger partial charge in [-0.05, 0) is 26.0 Å². The number of furan rings is 1. The summed E-state index contributed by atoms with van der Waals surface area (Å²) >= 11 is 0. The molecule has 0 aliphatic carbocycles. The lowest BCUT2D eigenvalue weighted by molar-refractivity contribution is 0.0527. The van der Waals surface area contributed by atoms with Gasteiger partial charge in [-0.2, -0.15) is 9.78 Å². The first-order valence-corrected chi connectivity index (χ1v) is 5.66. The van der Waals surface area contributed by atoms with E-state index in [0.29, 0.717) is 5.69 Å². The zero-order valence-corrected chi connectivity index (χ0v) is 10.5. The Morgan fingerprint density at radius 1 is 1.53 bits per heavy atom. The molecule has 2 N–H and O–H groups in total. The average Bonchev–Trinajstić information content (AvgIpc) is 2.97. The molecule has 0 aromatic carbocycles. The molecule has 7 heteroatoms. The van der Waals surface area contributed by atoms with Gasteiger partial charge in [0.05, 0.1) is 18.6 Å². The van der Waals surface area contributed by atoms with Gasteiger partial charge in [0.25, 0.3) is 0 Å². The van der Waals surface area contributed by atoms with Crippen LogP contribution >= 0.6 is 0 Å². The maximum atomic E-state index is 12.0. The summed E-state index contributed by atoms with van der Waals surface area (Å²) in [5, 5.41) is 3.95. The predicted molar refractivity (Wildman–Crippen MR) is 65.8 cm³/mol. The number of nitrogens with zero attached hydrogens (tertiary/aromatic N) is 2. The zero-order valence-electron chi connectivity index (χ0n) is 10.5. The number of hydrogen-bond donors (Lipinski definition) is 1. The van der Waals surface area contributed by atoms with Crippen LogP contribution < -0.4 is 5.73 Å². The summed E-state index contributed by atoms with van der Waals surface area (Å²) in [4.78, 5) is 23.8. The fourth-order valence-corrected chi connectivity index (χ4v) is 1.66. The number of carbonyl (C=O) groups excluding carboxylic acids is 2. The standard InChI is InChI=1S/C12H13N3O4/c1-3-18-12(17)9-7(2)14-15(10(9)13)11(16)8-5-4-6-19-8/h4-6H,3,13H2,1-2H3. The van der Waals surface area contributed by atoms with Gasteiger partial charge in [0.2, 0.25) is 0 Å². The molecule has 0 spiro atoms. The third-order valence-corrected chi connectivity index (χ3v) is 2.50. The molecule has 0 saturated heterocycles. The number of carbonyl (C=O) groups is 2. The Morgan fingerprint density at radius 3 is 2.84 bits per heavy atom. The topological polar surface area (TPSA) is 100 Å². The van der Waals surface area contributed by atoms with Crippen molar-refractivity contribution in [3.63, 3.8) is 0 Å². The summed E-state index contributed by atoms with van der Waals surface area (Å²) in [5.74, 6) is -1.11. The minimum Gasteiger partial charge on any atom is -0.462 e. The number of anilines is 1. The zero-order chi connectivity index (χ0) is 14.0. The van der Waals surface area contributed by atoms with Gasteiger partial charge in [0.15, 0.2) is 5.76 Å². The fraction of sp³-hybridized carbons (Fsp3) is 0.250. The monoisotopic (exact) mass is 263 g/mol. The van der Waals surface area contributed by atoms with Crippen LogP contribution in [0.5, 0.6) is 0 Å². The first-order valence-electron chi connectivity index (χ1n) is 5.66. The van der Waals surface area contributed by atoms with Crippen LogP contribution in [0.3, 0.4) is 0 Å². The number of aromatic nitrogens is 2. The molecule has 0 aliphatic heterocycles. The van der Waals surface area contributed by atoms with Crippen LogP contribution in [0.2, 0.25) is 0 Å². The number of esters is 1. The van der Waals surface area contributed by atoms with Gasteiger partial charge < -0.3 is 14.9 Å². The molecule has 0 fully saturated rings. The second-order valence-corrected chi connectivity index (χ2v) is 3.76. The highest BCUT2D eigenvalue weighted by Crippen LogP contribution is 2.19. The molecule has 2 rings (SSSR count). The summed E-state index contributed by atoms with van der Waals surface area (Å²) in [7, 11) is 0. The van der Waals surface area contributed by atoms with Crippen LogP contribution in [0.4, 0.5) is 5.82 Å². The highest BCUT2D eigenvalue weighted by molar-refractivity contribution is 6.01. The van der Waals surface area contributed by atoms with Gasteiger partial charge in [0, 0.05) is 0 Å².